The van der Waals surface area contributed by atoms with E-state index < -0.39 is 35.8 Å². The van der Waals surface area contributed by atoms with E-state index >= 15 is 0 Å². The molecule has 0 bridgehead atoms. The van der Waals surface area contributed by atoms with Crippen molar-refractivity contribution in [1.29, 1.82) is 0 Å². The van der Waals surface area contributed by atoms with Crippen molar-refractivity contribution >= 4 is 0 Å². The molecule has 0 amide bonds. The van der Waals surface area contributed by atoms with Crippen LogP contribution in [-0.2, 0) is 6.18 Å². The molecule has 0 aliphatic carbocycles. The van der Waals surface area contributed by atoms with Gasteiger partial charge in [-0.2, -0.15) is 26.3 Å². The Balaban J connectivity index is 3.20. The zero-order valence-electron chi connectivity index (χ0n) is 10.1. The van der Waals surface area contributed by atoms with E-state index in [2.05, 4.69) is 4.74 Å². The van der Waals surface area contributed by atoms with Gasteiger partial charge in [-0.1, -0.05) is 6.07 Å². The predicted molar refractivity (Wildman–Crippen MR) is 57.0 cm³/mol. The molecule has 0 aromatic heterocycles. The van der Waals surface area contributed by atoms with E-state index in [9.17, 15) is 26.3 Å². The average Bonchev–Trinajstić information content (AvgIpc) is 2.34. The number of methoxy groups -OCH3 is 1. The van der Waals surface area contributed by atoms with Crippen molar-refractivity contribution in [2.45, 2.75) is 24.5 Å². The normalized spacial score (nSPS) is 15.8. The van der Waals surface area contributed by atoms with Gasteiger partial charge in [0.05, 0.1) is 18.7 Å². The van der Waals surface area contributed by atoms with E-state index in [-0.39, 0.29) is 5.56 Å². The zero-order chi connectivity index (χ0) is 15.7. The second kappa shape index (κ2) is 5.49. The number of nitrogens with two attached hydrogens (primary N) is 1. The second-order valence-corrected chi connectivity index (χ2v) is 3.97. The number of rotatable bonds is 3. The smallest absolute Gasteiger partial charge is 0.416 e. The lowest BCUT2D eigenvalue weighted by atomic mass is 9.99. The van der Waals surface area contributed by atoms with E-state index in [4.69, 9.17) is 10.8 Å². The minimum absolute atomic E-state index is 0.370. The first kappa shape index (κ1) is 16.6. The van der Waals surface area contributed by atoms with Crippen molar-refractivity contribution in [3.8, 4) is 5.75 Å². The Hall–Kier alpha value is -1.48. The lowest BCUT2D eigenvalue weighted by Gasteiger charge is -2.23. The van der Waals surface area contributed by atoms with Gasteiger partial charge in [-0.25, -0.2) is 0 Å². The summed E-state index contributed by atoms with van der Waals surface area (Å²) in [6, 6.07) is -0.104. The molecular formula is C11H11F6NO2. The standard InChI is InChI=1S/C11H11F6NO2/c1-20-7-4-5(10(12,13)14)2-3-6(7)8(18)9(19)11(15,16)17/h2-4,8-9,19H,18H2,1H3/t8-,9-/m1/s1. The summed E-state index contributed by atoms with van der Waals surface area (Å²) < 4.78 is 79.0. The molecule has 9 heteroatoms. The quantitative estimate of drug-likeness (QED) is 0.844. The van der Waals surface area contributed by atoms with Crippen LogP contribution in [-0.4, -0.2) is 24.5 Å². The van der Waals surface area contributed by atoms with Crippen LogP contribution in [0, 0.1) is 0 Å². The molecule has 1 aromatic carbocycles. The van der Waals surface area contributed by atoms with E-state index in [1.165, 1.54) is 0 Å². The van der Waals surface area contributed by atoms with E-state index in [1.54, 1.807) is 0 Å². The molecule has 0 fully saturated rings. The highest BCUT2D eigenvalue weighted by atomic mass is 19.4. The summed E-state index contributed by atoms with van der Waals surface area (Å²) >= 11 is 0. The number of benzene rings is 1. The molecule has 0 heterocycles. The molecule has 0 aliphatic rings. The van der Waals surface area contributed by atoms with Gasteiger partial charge in [0.25, 0.3) is 0 Å². The monoisotopic (exact) mass is 303 g/mol. The fraction of sp³-hybridized carbons (Fsp3) is 0.455. The maximum Gasteiger partial charge on any atom is 0.416 e. The molecule has 114 valence electrons. The predicted octanol–water partition coefficient (Wildman–Crippen LogP) is 2.64. The molecule has 20 heavy (non-hydrogen) atoms. The molecule has 0 aliphatic heterocycles. The first-order valence-corrected chi connectivity index (χ1v) is 5.24. The molecule has 3 N–H and O–H groups in total. The summed E-state index contributed by atoms with van der Waals surface area (Å²) in [5.74, 6) is -0.476. The number of alkyl halides is 6. The molecule has 0 saturated heterocycles. The molecule has 1 aromatic rings. The first-order chi connectivity index (χ1) is 8.98. The van der Waals surface area contributed by atoms with Crippen molar-refractivity contribution in [3.05, 3.63) is 29.3 Å². The minimum Gasteiger partial charge on any atom is -0.496 e. The zero-order valence-corrected chi connectivity index (χ0v) is 10.1. The van der Waals surface area contributed by atoms with Crippen LogP contribution in [0.15, 0.2) is 18.2 Å². The Morgan fingerprint density at radius 3 is 2.10 bits per heavy atom. The summed E-state index contributed by atoms with van der Waals surface area (Å²) in [7, 11) is 0.992. The lowest BCUT2D eigenvalue weighted by Crippen LogP contribution is -2.39. The highest BCUT2D eigenvalue weighted by Crippen LogP contribution is 2.37. The van der Waals surface area contributed by atoms with Gasteiger partial charge in [-0.3, -0.25) is 0 Å². The Labute approximate surface area is 109 Å². The molecule has 2 atom stereocenters. The third-order valence-corrected chi connectivity index (χ3v) is 2.60. The SMILES string of the molecule is COc1cc(C(F)(F)F)ccc1[C@@H](N)[C@@H](O)C(F)(F)F. The molecule has 3 nitrogen and oxygen atoms in total. The molecule has 0 radical (unpaired) electrons. The number of aliphatic hydroxyl groups excluding tert-OH is 1. The van der Waals surface area contributed by atoms with Crippen molar-refractivity contribution < 1.29 is 36.2 Å². The fourth-order valence-electron chi connectivity index (χ4n) is 1.54. The molecule has 0 saturated carbocycles. The summed E-state index contributed by atoms with van der Waals surface area (Å²) in [4.78, 5) is 0. The van der Waals surface area contributed by atoms with E-state index in [1.807, 2.05) is 0 Å². The van der Waals surface area contributed by atoms with Crippen molar-refractivity contribution in [2.24, 2.45) is 5.73 Å². The molecule has 0 spiro atoms. The van der Waals surface area contributed by atoms with Crippen LogP contribution in [0.4, 0.5) is 26.3 Å². The van der Waals surface area contributed by atoms with Gasteiger partial charge in [0.15, 0.2) is 6.10 Å². The van der Waals surface area contributed by atoms with Crippen LogP contribution in [0.3, 0.4) is 0 Å². The third-order valence-electron chi connectivity index (χ3n) is 2.60. The van der Waals surface area contributed by atoms with Crippen molar-refractivity contribution in [1.82, 2.24) is 0 Å². The highest BCUT2D eigenvalue weighted by molar-refractivity contribution is 5.41. The van der Waals surface area contributed by atoms with Crippen molar-refractivity contribution in [3.63, 3.8) is 0 Å². The first-order valence-electron chi connectivity index (χ1n) is 5.24. The van der Waals surface area contributed by atoms with Crippen LogP contribution in [0.1, 0.15) is 17.2 Å². The third kappa shape index (κ3) is 3.54. The van der Waals surface area contributed by atoms with E-state index in [0.717, 1.165) is 13.2 Å². The maximum atomic E-state index is 12.5. The van der Waals surface area contributed by atoms with Gasteiger partial charge in [0.1, 0.15) is 5.75 Å². The Bertz CT molecular complexity index is 471. The van der Waals surface area contributed by atoms with Crippen LogP contribution in [0.25, 0.3) is 0 Å². The van der Waals surface area contributed by atoms with Gasteiger partial charge in [-0.05, 0) is 12.1 Å². The number of ether oxygens (including phenoxy) is 1. The largest absolute Gasteiger partial charge is 0.496 e. The molecule has 0 unspecified atom stereocenters. The van der Waals surface area contributed by atoms with Gasteiger partial charge in [-0.15, -0.1) is 0 Å². The Morgan fingerprint density at radius 1 is 1.15 bits per heavy atom. The number of aliphatic hydroxyl groups is 1. The number of halogens is 6. The van der Waals surface area contributed by atoms with Crippen LogP contribution < -0.4 is 10.5 Å². The van der Waals surface area contributed by atoms with Gasteiger partial charge < -0.3 is 15.6 Å². The van der Waals surface area contributed by atoms with Crippen LogP contribution in [0.5, 0.6) is 5.75 Å². The van der Waals surface area contributed by atoms with E-state index in [0.29, 0.717) is 12.1 Å². The minimum atomic E-state index is -4.99. The second-order valence-electron chi connectivity index (χ2n) is 3.97. The fourth-order valence-corrected chi connectivity index (χ4v) is 1.54. The van der Waals surface area contributed by atoms with Crippen LogP contribution in [0.2, 0.25) is 0 Å². The highest BCUT2D eigenvalue weighted by Gasteiger charge is 2.43. The van der Waals surface area contributed by atoms with Gasteiger partial charge >= 0.3 is 12.4 Å². The van der Waals surface area contributed by atoms with Gasteiger partial charge in [0.2, 0.25) is 0 Å². The summed E-state index contributed by atoms with van der Waals surface area (Å²) in [5.41, 5.74) is 3.77. The molecular weight excluding hydrogens is 292 g/mol. The topological polar surface area (TPSA) is 55.5 Å². The summed E-state index contributed by atoms with van der Waals surface area (Å²) in [6.07, 6.45) is -12.6. The Morgan fingerprint density at radius 2 is 1.70 bits per heavy atom. The number of hydrogen-bond donors (Lipinski definition) is 2. The lowest BCUT2D eigenvalue weighted by molar-refractivity contribution is -0.210. The maximum absolute atomic E-state index is 12.5. The number of hydrogen-bond acceptors (Lipinski definition) is 3. The summed E-state index contributed by atoms with van der Waals surface area (Å²) in [6.45, 7) is 0. The molecule has 1 rings (SSSR count). The summed E-state index contributed by atoms with van der Waals surface area (Å²) in [5, 5.41) is 9.03. The average molecular weight is 303 g/mol. The van der Waals surface area contributed by atoms with Crippen molar-refractivity contribution in [2.75, 3.05) is 7.11 Å². The van der Waals surface area contributed by atoms with Crippen LogP contribution >= 0.6 is 0 Å². The van der Waals surface area contributed by atoms with Gasteiger partial charge in [0, 0.05) is 5.56 Å². The Kier molecular flexibility index (Phi) is 4.55.